The summed E-state index contributed by atoms with van der Waals surface area (Å²) in [4.78, 5) is 0. The molecular weight excluding hydrogens is 135 g/mol. The molecule has 0 unspecified atom stereocenters. The lowest BCUT2D eigenvalue weighted by molar-refractivity contribution is 0.349. The fraction of sp³-hybridized carbons (Fsp3) is 0.625. The Morgan fingerprint density at radius 1 is 1.45 bits per heavy atom. The molecule has 0 atom stereocenters. The van der Waals surface area contributed by atoms with Crippen LogP contribution in [0.4, 0.5) is 0 Å². The van der Waals surface area contributed by atoms with E-state index < -0.39 is 0 Å². The van der Waals surface area contributed by atoms with E-state index in [4.69, 9.17) is 7.85 Å². The molecule has 0 saturated heterocycles. The van der Waals surface area contributed by atoms with Gasteiger partial charge in [0.25, 0.3) is 0 Å². The monoisotopic (exact) mass is 148 g/mol. The van der Waals surface area contributed by atoms with Crippen molar-refractivity contribution in [1.29, 1.82) is 0 Å². The maximum atomic E-state index is 5.54. The molecule has 0 N–H and O–H groups in total. The third kappa shape index (κ3) is 1.64. The molecule has 11 heavy (non-hydrogen) atoms. The van der Waals surface area contributed by atoms with E-state index in [2.05, 4.69) is 25.9 Å². The Bertz CT molecular complexity index is 258. The Balaban J connectivity index is 3.13. The average Bonchev–Trinajstić information content (AvgIpc) is 2.08. The molecule has 0 aliphatic carbocycles. The first-order valence-electron chi connectivity index (χ1n) is 3.74. The van der Waals surface area contributed by atoms with Crippen LogP contribution < -0.4 is 5.59 Å². The molecular formula is C8H13BN2. The van der Waals surface area contributed by atoms with Gasteiger partial charge in [-0.05, 0) is 33.8 Å². The van der Waals surface area contributed by atoms with Crippen LogP contribution in [0.5, 0.6) is 0 Å². The maximum absolute atomic E-state index is 5.54. The van der Waals surface area contributed by atoms with Crippen LogP contribution in [0.3, 0.4) is 0 Å². The molecule has 0 fully saturated rings. The molecule has 1 rings (SSSR count). The smallest absolute Gasteiger partial charge is 0.144 e. The van der Waals surface area contributed by atoms with Gasteiger partial charge < -0.3 is 0 Å². The van der Waals surface area contributed by atoms with Gasteiger partial charge in [-0.3, -0.25) is 4.68 Å². The van der Waals surface area contributed by atoms with Crippen LogP contribution in [0.2, 0.25) is 0 Å². The molecule has 2 radical (unpaired) electrons. The Morgan fingerprint density at radius 2 is 2.00 bits per heavy atom. The van der Waals surface area contributed by atoms with E-state index in [0.29, 0.717) is 5.59 Å². The number of rotatable bonds is 0. The lowest BCUT2D eigenvalue weighted by Gasteiger charge is -2.21. The zero-order chi connectivity index (χ0) is 8.65. The van der Waals surface area contributed by atoms with Gasteiger partial charge in [0.1, 0.15) is 7.85 Å². The third-order valence-corrected chi connectivity index (χ3v) is 1.54. The molecule has 0 aliphatic rings. The second-order valence-corrected chi connectivity index (χ2v) is 3.79. The molecule has 0 spiro atoms. The van der Waals surface area contributed by atoms with Crippen LogP contribution in [0.1, 0.15) is 26.5 Å². The molecule has 58 valence electrons. The van der Waals surface area contributed by atoms with Crippen LogP contribution in [0.15, 0.2) is 6.07 Å². The quantitative estimate of drug-likeness (QED) is 0.496. The van der Waals surface area contributed by atoms with Gasteiger partial charge in [0.2, 0.25) is 0 Å². The van der Waals surface area contributed by atoms with Gasteiger partial charge in [-0.25, -0.2) is 0 Å². The summed E-state index contributed by atoms with van der Waals surface area (Å²) in [5.74, 6) is 0. The van der Waals surface area contributed by atoms with Crippen molar-refractivity contribution in [3.05, 3.63) is 11.8 Å². The van der Waals surface area contributed by atoms with Crippen molar-refractivity contribution >= 4 is 13.4 Å². The molecule has 0 aliphatic heterocycles. The normalized spacial score (nSPS) is 12.0. The van der Waals surface area contributed by atoms with Gasteiger partial charge in [-0.2, -0.15) is 5.10 Å². The fourth-order valence-electron chi connectivity index (χ4n) is 1.18. The van der Waals surface area contributed by atoms with E-state index in [1.807, 2.05) is 17.7 Å². The van der Waals surface area contributed by atoms with Crippen LogP contribution in [-0.4, -0.2) is 17.6 Å². The van der Waals surface area contributed by atoms with E-state index in [1.54, 1.807) is 0 Å². The molecule has 1 aromatic heterocycles. The summed E-state index contributed by atoms with van der Waals surface area (Å²) in [6, 6.07) is 1.88. The Hall–Kier alpha value is -0.725. The Morgan fingerprint density at radius 3 is 2.18 bits per heavy atom. The van der Waals surface area contributed by atoms with Gasteiger partial charge in [-0.1, -0.05) is 0 Å². The van der Waals surface area contributed by atoms with Crippen molar-refractivity contribution in [3.63, 3.8) is 0 Å². The molecule has 1 heterocycles. The first-order valence-corrected chi connectivity index (χ1v) is 3.74. The van der Waals surface area contributed by atoms with E-state index in [-0.39, 0.29) is 5.54 Å². The highest BCUT2D eigenvalue weighted by Gasteiger charge is 2.15. The lowest BCUT2D eigenvalue weighted by Crippen LogP contribution is -2.25. The summed E-state index contributed by atoms with van der Waals surface area (Å²) in [6.07, 6.45) is 0. The summed E-state index contributed by atoms with van der Waals surface area (Å²) in [7, 11) is 5.54. The van der Waals surface area contributed by atoms with Gasteiger partial charge in [-0.15, -0.1) is 0 Å². The van der Waals surface area contributed by atoms with Gasteiger partial charge in [0.05, 0.1) is 5.54 Å². The SMILES string of the molecule is [B]c1cc(C)n(C(C)(C)C)n1. The summed E-state index contributed by atoms with van der Waals surface area (Å²) in [5, 5.41) is 4.18. The van der Waals surface area contributed by atoms with E-state index in [1.165, 1.54) is 0 Å². The second kappa shape index (κ2) is 2.40. The maximum Gasteiger partial charge on any atom is 0.144 e. The zero-order valence-electron chi connectivity index (χ0n) is 7.55. The van der Waals surface area contributed by atoms with Crippen LogP contribution in [-0.2, 0) is 5.54 Å². The first-order chi connectivity index (χ1) is 4.91. The molecule has 0 saturated carbocycles. The summed E-state index contributed by atoms with van der Waals surface area (Å²) >= 11 is 0. The van der Waals surface area contributed by atoms with Crippen LogP contribution in [0, 0.1) is 6.92 Å². The minimum absolute atomic E-state index is 0.0295. The minimum Gasteiger partial charge on any atom is -0.265 e. The predicted octanol–water partition coefficient (Wildman–Crippen LogP) is 0.740. The van der Waals surface area contributed by atoms with Gasteiger partial charge in [0, 0.05) is 11.3 Å². The molecule has 1 aromatic rings. The van der Waals surface area contributed by atoms with E-state index in [9.17, 15) is 0 Å². The zero-order valence-corrected chi connectivity index (χ0v) is 7.55. The highest BCUT2D eigenvalue weighted by atomic mass is 15.3. The number of aromatic nitrogens is 2. The highest BCUT2D eigenvalue weighted by Crippen LogP contribution is 2.13. The Kier molecular flexibility index (Phi) is 1.82. The largest absolute Gasteiger partial charge is 0.265 e. The Labute approximate surface area is 69.0 Å². The van der Waals surface area contributed by atoms with Crippen molar-refractivity contribution < 1.29 is 0 Å². The number of nitrogens with zero attached hydrogens (tertiary/aromatic N) is 2. The van der Waals surface area contributed by atoms with E-state index >= 15 is 0 Å². The van der Waals surface area contributed by atoms with Crippen molar-refractivity contribution in [1.82, 2.24) is 9.78 Å². The average molecular weight is 148 g/mol. The predicted molar refractivity (Wildman–Crippen MR) is 47.3 cm³/mol. The van der Waals surface area contributed by atoms with Crippen molar-refractivity contribution in [2.75, 3.05) is 0 Å². The fourth-order valence-corrected chi connectivity index (χ4v) is 1.18. The lowest BCUT2D eigenvalue weighted by atomic mass is 10.1. The molecule has 3 heteroatoms. The van der Waals surface area contributed by atoms with Crippen molar-refractivity contribution in [2.24, 2.45) is 0 Å². The standard InChI is InChI=1S/C8H13BN2/c1-6-5-7(9)10-11(6)8(2,3)4/h5H,1-4H3. The minimum atomic E-state index is 0.0295. The van der Waals surface area contributed by atoms with Crippen molar-refractivity contribution in [2.45, 2.75) is 33.2 Å². The number of hydrogen-bond donors (Lipinski definition) is 0. The summed E-state index contributed by atoms with van der Waals surface area (Å²) < 4.78 is 1.93. The first kappa shape index (κ1) is 8.37. The van der Waals surface area contributed by atoms with Gasteiger partial charge >= 0.3 is 0 Å². The highest BCUT2D eigenvalue weighted by molar-refractivity contribution is 6.30. The molecule has 2 nitrogen and oxygen atoms in total. The second-order valence-electron chi connectivity index (χ2n) is 3.79. The topological polar surface area (TPSA) is 17.8 Å². The molecule has 0 aromatic carbocycles. The molecule has 0 amide bonds. The van der Waals surface area contributed by atoms with Crippen LogP contribution >= 0.6 is 0 Å². The summed E-state index contributed by atoms with van der Waals surface area (Å²) in [6.45, 7) is 8.32. The number of hydrogen-bond acceptors (Lipinski definition) is 1. The third-order valence-electron chi connectivity index (χ3n) is 1.54. The summed E-state index contributed by atoms with van der Waals surface area (Å²) in [5.41, 5.74) is 1.73. The number of aryl methyl sites for hydroxylation is 1. The van der Waals surface area contributed by atoms with Crippen LogP contribution in [0.25, 0.3) is 0 Å². The van der Waals surface area contributed by atoms with Crippen molar-refractivity contribution in [3.8, 4) is 0 Å². The van der Waals surface area contributed by atoms with Gasteiger partial charge in [0.15, 0.2) is 0 Å². The van der Waals surface area contributed by atoms with E-state index in [0.717, 1.165) is 5.69 Å². The molecule has 0 bridgehead atoms.